The Hall–Kier alpha value is -5.73. The van der Waals surface area contributed by atoms with Gasteiger partial charge in [0.1, 0.15) is 10.9 Å². The number of rotatable bonds is 7. The first-order valence-corrected chi connectivity index (χ1v) is 22.3. The molecule has 0 bridgehead atoms. The number of carbonyl (C=O) groups excluding carboxylic acids is 3. The highest BCUT2D eigenvalue weighted by Crippen LogP contribution is 2.41. The second-order valence-electron chi connectivity index (χ2n) is 17.1. The van der Waals surface area contributed by atoms with Crippen molar-refractivity contribution in [3.05, 3.63) is 81.6 Å². The summed E-state index contributed by atoms with van der Waals surface area (Å²) in [6.45, 7) is 12.0. The van der Waals surface area contributed by atoms with Crippen LogP contribution in [0.1, 0.15) is 60.8 Å². The average molecular weight is 826 g/mol. The molecular formula is C46H51N9O4S. The van der Waals surface area contributed by atoms with Crippen LogP contribution in [0.2, 0.25) is 0 Å². The Balaban J connectivity index is 0.784. The molecule has 3 aromatic heterocycles. The summed E-state index contributed by atoms with van der Waals surface area (Å²) in [5, 5.41) is 11.2. The van der Waals surface area contributed by atoms with E-state index in [4.69, 9.17) is 4.98 Å². The van der Waals surface area contributed by atoms with Crippen molar-refractivity contribution in [2.24, 2.45) is 13.0 Å². The SMILES string of the molecule is CCc1cc(-c2ccc3c(ccc4sc5c(c43)NC[C@@H](C)NC5=O)n2)cc(N2CCN(CC3CCN(c4ccc5c(c4)n(C)c(=O)n5C4CCC(=O)NC4=O)CC3)CC2)c1. The van der Waals surface area contributed by atoms with Crippen molar-refractivity contribution >= 4 is 78.1 Å². The van der Waals surface area contributed by atoms with Crippen LogP contribution in [0.3, 0.4) is 0 Å². The lowest BCUT2D eigenvalue weighted by atomic mass is 9.95. The summed E-state index contributed by atoms with van der Waals surface area (Å²) in [7, 11) is 1.75. The van der Waals surface area contributed by atoms with Crippen molar-refractivity contribution in [2.45, 2.75) is 58.0 Å². The molecule has 0 spiro atoms. The lowest BCUT2D eigenvalue weighted by molar-refractivity contribution is -0.135. The molecule has 0 radical (unpaired) electrons. The molecule has 0 aliphatic carbocycles. The summed E-state index contributed by atoms with van der Waals surface area (Å²) < 4.78 is 4.25. The van der Waals surface area contributed by atoms with E-state index in [1.165, 1.54) is 22.6 Å². The Kier molecular flexibility index (Phi) is 9.86. The zero-order valence-corrected chi connectivity index (χ0v) is 35.2. The van der Waals surface area contributed by atoms with Crippen molar-refractivity contribution in [1.29, 1.82) is 0 Å². The number of piperidine rings is 2. The maximum atomic E-state index is 13.3. The number of hydrogen-bond donors (Lipinski definition) is 3. The molecule has 310 valence electrons. The van der Waals surface area contributed by atoms with E-state index in [1.54, 1.807) is 16.2 Å². The predicted molar refractivity (Wildman–Crippen MR) is 240 cm³/mol. The van der Waals surface area contributed by atoms with Gasteiger partial charge in [-0.05, 0) is 105 Å². The van der Waals surface area contributed by atoms with Crippen molar-refractivity contribution in [2.75, 3.05) is 67.5 Å². The molecule has 10 rings (SSSR count). The fourth-order valence-electron chi connectivity index (χ4n) is 9.80. The second kappa shape index (κ2) is 15.4. The van der Waals surface area contributed by atoms with E-state index in [2.05, 4.69) is 92.2 Å². The van der Waals surface area contributed by atoms with Gasteiger partial charge in [-0.25, -0.2) is 9.78 Å². The van der Waals surface area contributed by atoms with Gasteiger partial charge in [-0.2, -0.15) is 0 Å². The molecule has 1 unspecified atom stereocenters. The molecule has 0 saturated carbocycles. The summed E-state index contributed by atoms with van der Waals surface area (Å²) in [6, 6.07) is 20.9. The highest BCUT2D eigenvalue weighted by atomic mass is 32.1. The van der Waals surface area contributed by atoms with Gasteiger partial charge in [0.2, 0.25) is 11.8 Å². The minimum absolute atomic E-state index is 0.0162. The Labute approximate surface area is 352 Å². The molecule has 13 nitrogen and oxygen atoms in total. The van der Waals surface area contributed by atoms with E-state index in [9.17, 15) is 19.2 Å². The number of nitrogens with one attached hydrogen (secondary N) is 3. The van der Waals surface area contributed by atoms with Crippen molar-refractivity contribution in [3.63, 3.8) is 0 Å². The monoisotopic (exact) mass is 825 g/mol. The number of benzene rings is 3. The van der Waals surface area contributed by atoms with Gasteiger partial charge < -0.3 is 20.4 Å². The number of hydrogen-bond acceptors (Lipinski definition) is 10. The number of thiophene rings is 1. The van der Waals surface area contributed by atoms with Gasteiger partial charge in [0.05, 0.1) is 27.9 Å². The molecule has 4 aliphatic rings. The van der Waals surface area contributed by atoms with Gasteiger partial charge in [-0.15, -0.1) is 11.3 Å². The molecule has 6 aromatic rings. The zero-order valence-electron chi connectivity index (χ0n) is 34.4. The van der Waals surface area contributed by atoms with Crippen LogP contribution in [0.15, 0.2) is 65.5 Å². The summed E-state index contributed by atoms with van der Waals surface area (Å²) in [5.41, 5.74) is 8.86. The third-order valence-electron chi connectivity index (χ3n) is 13.2. The first-order valence-electron chi connectivity index (χ1n) is 21.4. The van der Waals surface area contributed by atoms with Crippen LogP contribution in [0.4, 0.5) is 17.1 Å². The first kappa shape index (κ1) is 38.5. The van der Waals surface area contributed by atoms with Gasteiger partial charge in [0, 0.05) is 104 Å². The molecule has 3 N–H and O–H groups in total. The third-order valence-corrected chi connectivity index (χ3v) is 14.4. The normalized spacial score (nSPS) is 20.7. The molecule has 2 atom stereocenters. The Morgan fingerprint density at radius 2 is 1.63 bits per heavy atom. The predicted octanol–water partition coefficient (Wildman–Crippen LogP) is 5.89. The number of nitrogens with zero attached hydrogens (tertiary/aromatic N) is 6. The van der Waals surface area contributed by atoms with Crippen molar-refractivity contribution in [3.8, 4) is 11.3 Å². The van der Waals surface area contributed by atoms with Crippen LogP contribution in [-0.2, 0) is 23.1 Å². The van der Waals surface area contributed by atoms with Gasteiger partial charge >= 0.3 is 5.69 Å². The number of carbonyl (C=O) groups is 3. The Bertz CT molecular complexity index is 2760. The topological polar surface area (TPSA) is 137 Å². The number of fused-ring (bicyclic) bond motifs is 6. The number of anilines is 3. The Morgan fingerprint density at radius 1 is 0.833 bits per heavy atom. The standard InChI is InChI=1S/C46H51N9O4S/c1-4-28-21-30(34-7-6-33-35(49-34)8-11-39-41(33)42-43(60-39)45(58)48-27(2)25-47-42)23-32(22-28)54-19-17-52(18-20-54)26-29-13-15-53(16-14-29)31-5-9-36-38(24-31)51(3)46(59)55(36)37-10-12-40(56)50-44(37)57/h5-9,11,21-24,27,29,37,47H,4,10,12-20,25-26H2,1-3H3,(H,48,58)(H,50,56,57)/t27-,37?/m1/s1. The van der Waals surface area contributed by atoms with E-state index >= 15 is 0 Å². The van der Waals surface area contributed by atoms with E-state index in [1.807, 2.05) is 13.0 Å². The van der Waals surface area contributed by atoms with Gasteiger partial charge in [-0.3, -0.25) is 33.7 Å². The zero-order chi connectivity index (χ0) is 41.2. The van der Waals surface area contributed by atoms with E-state index < -0.39 is 11.9 Å². The maximum absolute atomic E-state index is 13.3. The largest absolute Gasteiger partial charge is 0.381 e. The van der Waals surface area contributed by atoms with Gasteiger partial charge in [-0.1, -0.05) is 6.92 Å². The van der Waals surface area contributed by atoms with Crippen LogP contribution < -0.4 is 31.4 Å². The van der Waals surface area contributed by atoms with Gasteiger partial charge in [0.15, 0.2) is 0 Å². The number of aryl methyl sites for hydroxylation is 2. The average Bonchev–Trinajstić information content (AvgIpc) is 3.71. The Morgan fingerprint density at radius 3 is 2.42 bits per heavy atom. The lowest BCUT2D eigenvalue weighted by Gasteiger charge is -2.40. The van der Waals surface area contributed by atoms with Crippen LogP contribution in [0.5, 0.6) is 0 Å². The number of pyridine rings is 1. The number of piperazine rings is 1. The van der Waals surface area contributed by atoms with Crippen molar-refractivity contribution in [1.82, 2.24) is 29.7 Å². The van der Waals surface area contributed by atoms with Crippen LogP contribution in [0.25, 0.3) is 43.3 Å². The number of imide groups is 1. The van der Waals surface area contributed by atoms with Crippen LogP contribution in [0, 0.1) is 5.92 Å². The number of amides is 3. The lowest BCUT2D eigenvalue weighted by Crippen LogP contribution is -2.49. The summed E-state index contributed by atoms with van der Waals surface area (Å²) in [5.74, 6) is -0.0887. The highest BCUT2D eigenvalue weighted by molar-refractivity contribution is 7.21. The molecule has 3 aromatic carbocycles. The summed E-state index contributed by atoms with van der Waals surface area (Å²) in [6.07, 6.45) is 3.72. The number of aromatic nitrogens is 3. The molecule has 3 saturated heterocycles. The fraction of sp³-hybridized carbons (Fsp3) is 0.413. The maximum Gasteiger partial charge on any atom is 0.329 e. The minimum Gasteiger partial charge on any atom is -0.381 e. The molecule has 3 fully saturated rings. The quantitative estimate of drug-likeness (QED) is 0.168. The summed E-state index contributed by atoms with van der Waals surface area (Å²) in [4.78, 5) is 64.1. The van der Waals surface area contributed by atoms with E-state index in [0.717, 1.165) is 125 Å². The highest BCUT2D eigenvalue weighted by Gasteiger charge is 2.32. The first-order chi connectivity index (χ1) is 29.1. The van der Waals surface area contributed by atoms with Crippen LogP contribution >= 0.6 is 11.3 Å². The van der Waals surface area contributed by atoms with Crippen LogP contribution in [-0.4, -0.2) is 95.1 Å². The fourth-order valence-corrected chi connectivity index (χ4v) is 10.9. The second-order valence-corrected chi connectivity index (χ2v) is 18.1. The van der Waals surface area contributed by atoms with E-state index in [-0.39, 0.29) is 30.0 Å². The van der Waals surface area contributed by atoms with Crippen molar-refractivity contribution < 1.29 is 14.4 Å². The third kappa shape index (κ3) is 6.88. The smallest absolute Gasteiger partial charge is 0.329 e. The summed E-state index contributed by atoms with van der Waals surface area (Å²) >= 11 is 1.54. The molecule has 3 amide bonds. The molecule has 7 heterocycles. The molecule has 60 heavy (non-hydrogen) atoms. The minimum atomic E-state index is -0.681. The molecule has 14 heteroatoms. The van der Waals surface area contributed by atoms with E-state index in [0.29, 0.717) is 18.9 Å². The molecule has 4 aliphatic heterocycles. The number of imidazole rings is 1. The van der Waals surface area contributed by atoms with Gasteiger partial charge in [0.25, 0.3) is 5.91 Å². The molecular weight excluding hydrogens is 775 g/mol.